The van der Waals surface area contributed by atoms with Crippen molar-refractivity contribution in [2.24, 2.45) is 0 Å². The van der Waals surface area contributed by atoms with Crippen molar-refractivity contribution in [3.8, 4) is 0 Å². The molecule has 0 aliphatic rings. The highest BCUT2D eigenvalue weighted by atomic mass is 16.4. The first kappa shape index (κ1) is 12.8. The topological polar surface area (TPSA) is 62.5 Å². The molecule has 4 heteroatoms. The first-order valence-electron chi connectivity index (χ1n) is 5.51. The van der Waals surface area contributed by atoms with Crippen LogP contribution >= 0.6 is 0 Å². The highest BCUT2D eigenvalue weighted by Crippen LogP contribution is 2.15. The number of hydrogen-bond donors (Lipinski definition) is 2. The van der Waals surface area contributed by atoms with E-state index in [1.165, 1.54) is 0 Å². The monoisotopic (exact) mass is 225 g/mol. The van der Waals surface area contributed by atoms with Gasteiger partial charge in [0.1, 0.15) is 11.3 Å². The van der Waals surface area contributed by atoms with Crippen molar-refractivity contribution in [1.82, 2.24) is 5.32 Å². The molecule has 0 spiro atoms. The first-order chi connectivity index (χ1) is 7.49. The highest BCUT2D eigenvalue weighted by Gasteiger charge is 2.31. The Kier molecular flexibility index (Phi) is 4.12. The lowest BCUT2D eigenvalue weighted by Gasteiger charge is -2.25. The molecule has 0 bridgehead atoms. The number of aliphatic carboxylic acids is 1. The van der Waals surface area contributed by atoms with Crippen LogP contribution < -0.4 is 5.32 Å². The van der Waals surface area contributed by atoms with Gasteiger partial charge < -0.3 is 9.52 Å². The van der Waals surface area contributed by atoms with Gasteiger partial charge in [-0.15, -0.1) is 0 Å². The van der Waals surface area contributed by atoms with E-state index in [-0.39, 0.29) is 0 Å². The van der Waals surface area contributed by atoms with E-state index in [4.69, 9.17) is 9.52 Å². The molecule has 0 aliphatic heterocycles. The van der Waals surface area contributed by atoms with Gasteiger partial charge in [0, 0.05) is 0 Å². The number of nitrogens with one attached hydrogen (secondary N) is 1. The third kappa shape index (κ3) is 2.85. The van der Waals surface area contributed by atoms with E-state index in [9.17, 15) is 4.79 Å². The molecule has 2 N–H and O–H groups in total. The van der Waals surface area contributed by atoms with Gasteiger partial charge in [0.05, 0.1) is 12.8 Å². The summed E-state index contributed by atoms with van der Waals surface area (Å²) in [5.74, 6) is -0.0258. The summed E-state index contributed by atoms with van der Waals surface area (Å²) in [5, 5.41) is 12.2. The van der Waals surface area contributed by atoms with Crippen molar-refractivity contribution in [3.63, 3.8) is 0 Å². The van der Waals surface area contributed by atoms with E-state index in [1.807, 2.05) is 19.9 Å². The van der Waals surface area contributed by atoms with Gasteiger partial charge in [0.15, 0.2) is 0 Å². The maximum absolute atomic E-state index is 11.2. The van der Waals surface area contributed by atoms with E-state index in [0.29, 0.717) is 13.0 Å². The van der Waals surface area contributed by atoms with Gasteiger partial charge in [0.2, 0.25) is 0 Å². The molecule has 1 atom stereocenters. The predicted molar refractivity (Wildman–Crippen MR) is 61.2 cm³/mol. The fourth-order valence-corrected chi connectivity index (χ4v) is 1.63. The molecular formula is C12H19NO3. The highest BCUT2D eigenvalue weighted by molar-refractivity contribution is 5.78. The summed E-state index contributed by atoms with van der Waals surface area (Å²) in [6, 6.07) is 1.87. The molecular weight excluding hydrogens is 206 g/mol. The molecule has 90 valence electrons. The number of carboxylic acids is 1. The van der Waals surface area contributed by atoms with Gasteiger partial charge in [-0.05, 0) is 31.9 Å². The second-order valence-corrected chi connectivity index (χ2v) is 4.27. The van der Waals surface area contributed by atoms with Crippen molar-refractivity contribution in [3.05, 3.63) is 23.7 Å². The third-order valence-corrected chi connectivity index (χ3v) is 2.83. The van der Waals surface area contributed by atoms with E-state index >= 15 is 0 Å². The Balaban J connectivity index is 2.64. The van der Waals surface area contributed by atoms with Crippen LogP contribution in [0.5, 0.6) is 0 Å². The molecule has 1 aromatic rings. The summed E-state index contributed by atoms with van der Waals surface area (Å²) < 4.78 is 5.26. The fraction of sp³-hybridized carbons (Fsp3) is 0.583. The summed E-state index contributed by atoms with van der Waals surface area (Å²) >= 11 is 0. The molecule has 0 amide bonds. The molecule has 16 heavy (non-hydrogen) atoms. The average molecular weight is 225 g/mol. The summed E-state index contributed by atoms with van der Waals surface area (Å²) in [5.41, 5.74) is 0.158. The Morgan fingerprint density at radius 2 is 2.31 bits per heavy atom. The lowest BCUT2D eigenvalue weighted by molar-refractivity contribution is -0.144. The standard InChI is InChI=1S/C12H19NO3/c1-4-6-12(3,11(14)15)13-8-10-9(2)5-7-16-10/h5,7,13H,4,6,8H2,1-3H3,(H,14,15). The first-order valence-corrected chi connectivity index (χ1v) is 5.51. The summed E-state index contributed by atoms with van der Waals surface area (Å²) in [6.45, 7) is 6.07. The van der Waals surface area contributed by atoms with Crippen molar-refractivity contribution in [2.75, 3.05) is 0 Å². The summed E-state index contributed by atoms with van der Waals surface area (Å²) in [6.07, 6.45) is 3.04. The normalized spacial score (nSPS) is 14.7. The Hall–Kier alpha value is -1.29. The van der Waals surface area contributed by atoms with Crippen molar-refractivity contribution < 1.29 is 14.3 Å². The molecule has 0 saturated heterocycles. The van der Waals surface area contributed by atoms with Gasteiger partial charge in [-0.3, -0.25) is 10.1 Å². The largest absolute Gasteiger partial charge is 0.480 e. The number of hydrogen-bond acceptors (Lipinski definition) is 3. The van der Waals surface area contributed by atoms with Gasteiger partial charge in [-0.2, -0.15) is 0 Å². The third-order valence-electron chi connectivity index (χ3n) is 2.83. The quantitative estimate of drug-likeness (QED) is 0.780. The summed E-state index contributed by atoms with van der Waals surface area (Å²) in [7, 11) is 0. The number of furan rings is 1. The Bertz CT molecular complexity index is 359. The number of aryl methyl sites for hydroxylation is 1. The minimum Gasteiger partial charge on any atom is -0.480 e. The number of carboxylic acid groups (broad SMARTS) is 1. The predicted octanol–water partition coefficient (Wildman–Crippen LogP) is 2.32. The zero-order chi connectivity index (χ0) is 12.2. The van der Waals surface area contributed by atoms with Crippen molar-refractivity contribution in [2.45, 2.75) is 45.7 Å². The zero-order valence-corrected chi connectivity index (χ0v) is 10.0. The molecule has 1 unspecified atom stereocenters. The molecule has 1 heterocycles. The van der Waals surface area contributed by atoms with E-state index in [1.54, 1.807) is 13.2 Å². The van der Waals surface area contributed by atoms with Crippen LogP contribution in [0, 0.1) is 6.92 Å². The summed E-state index contributed by atoms with van der Waals surface area (Å²) in [4.78, 5) is 11.2. The van der Waals surface area contributed by atoms with Gasteiger partial charge in [0.25, 0.3) is 0 Å². The lowest BCUT2D eigenvalue weighted by atomic mass is 9.96. The van der Waals surface area contributed by atoms with Crippen LogP contribution in [0.15, 0.2) is 16.7 Å². The van der Waals surface area contributed by atoms with Gasteiger partial charge >= 0.3 is 5.97 Å². The molecule has 0 saturated carbocycles. The van der Waals surface area contributed by atoms with Crippen molar-refractivity contribution >= 4 is 5.97 Å². The second kappa shape index (κ2) is 5.16. The van der Waals surface area contributed by atoms with Crippen LogP contribution in [-0.4, -0.2) is 16.6 Å². The molecule has 0 fully saturated rings. The smallest absolute Gasteiger partial charge is 0.323 e. The van der Waals surface area contributed by atoms with Crippen LogP contribution in [0.4, 0.5) is 0 Å². The zero-order valence-electron chi connectivity index (χ0n) is 10.0. The van der Waals surface area contributed by atoms with Crippen LogP contribution in [0.25, 0.3) is 0 Å². The number of carbonyl (C=O) groups is 1. The Morgan fingerprint density at radius 1 is 1.62 bits per heavy atom. The molecule has 4 nitrogen and oxygen atoms in total. The minimum absolute atomic E-state index is 0.446. The molecule has 0 radical (unpaired) electrons. The van der Waals surface area contributed by atoms with Gasteiger partial charge in [-0.1, -0.05) is 13.3 Å². The number of rotatable bonds is 6. The van der Waals surface area contributed by atoms with E-state index in [0.717, 1.165) is 17.7 Å². The van der Waals surface area contributed by atoms with Crippen LogP contribution in [0.3, 0.4) is 0 Å². The van der Waals surface area contributed by atoms with Gasteiger partial charge in [-0.25, -0.2) is 0 Å². The lowest BCUT2D eigenvalue weighted by Crippen LogP contribution is -2.48. The maximum atomic E-state index is 11.2. The van der Waals surface area contributed by atoms with E-state index < -0.39 is 11.5 Å². The average Bonchev–Trinajstić information content (AvgIpc) is 2.61. The Labute approximate surface area is 95.7 Å². The Morgan fingerprint density at radius 3 is 2.75 bits per heavy atom. The second-order valence-electron chi connectivity index (χ2n) is 4.27. The molecule has 1 aromatic heterocycles. The van der Waals surface area contributed by atoms with Crippen molar-refractivity contribution in [1.29, 1.82) is 0 Å². The minimum atomic E-state index is -0.881. The van der Waals surface area contributed by atoms with Crippen LogP contribution in [0.1, 0.15) is 38.0 Å². The molecule has 1 rings (SSSR count). The maximum Gasteiger partial charge on any atom is 0.323 e. The fourth-order valence-electron chi connectivity index (χ4n) is 1.63. The molecule has 0 aliphatic carbocycles. The van der Waals surface area contributed by atoms with E-state index in [2.05, 4.69) is 5.32 Å². The molecule has 0 aromatic carbocycles. The van der Waals surface area contributed by atoms with Crippen LogP contribution in [-0.2, 0) is 11.3 Å². The SMILES string of the molecule is CCCC(C)(NCc1occc1C)C(=O)O. The van der Waals surface area contributed by atoms with Crippen LogP contribution in [0.2, 0.25) is 0 Å².